The second-order valence-electron chi connectivity index (χ2n) is 8.99. The molecule has 0 spiro atoms. The Morgan fingerprint density at radius 2 is 1.41 bits per heavy atom. The van der Waals surface area contributed by atoms with Gasteiger partial charge in [-0.3, -0.25) is 4.90 Å². The van der Waals surface area contributed by atoms with Crippen LogP contribution in [0.2, 0.25) is 0 Å². The number of hydrogen-bond donors (Lipinski definition) is 0. The molecule has 1 heterocycles. The van der Waals surface area contributed by atoms with E-state index in [1.165, 1.54) is 5.56 Å². The van der Waals surface area contributed by atoms with E-state index in [1.54, 1.807) is 21.3 Å². The van der Waals surface area contributed by atoms with Crippen LogP contribution in [-0.2, 0) is 24.3 Å². The Labute approximate surface area is 219 Å². The monoisotopic (exact) mass is 507 g/mol. The Bertz CT molecular complexity index is 1140. The maximum Gasteiger partial charge on any atom is 0.204 e. The predicted octanol–water partition coefficient (Wildman–Crippen LogP) is 5.87. The molecule has 0 radical (unpaired) electrons. The summed E-state index contributed by atoms with van der Waals surface area (Å²) in [5.41, 5.74) is 3.30. The molecular weight excluding hydrogens is 470 g/mol. The van der Waals surface area contributed by atoms with Crippen molar-refractivity contribution in [2.45, 2.75) is 32.9 Å². The molecule has 0 saturated carbocycles. The van der Waals surface area contributed by atoms with Crippen LogP contribution in [0.5, 0.6) is 34.5 Å². The maximum absolute atomic E-state index is 6.45. The third-order valence-corrected chi connectivity index (χ3v) is 6.34. The molecule has 3 aromatic rings. The van der Waals surface area contributed by atoms with Crippen molar-refractivity contribution in [2.75, 3.05) is 47.6 Å². The molecule has 4 rings (SSSR count). The number of ether oxygens (including phenoxy) is 6. The molecule has 1 aliphatic rings. The van der Waals surface area contributed by atoms with Crippen LogP contribution in [0.15, 0.2) is 54.6 Å². The lowest BCUT2D eigenvalue weighted by Gasteiger charge is -2.26. The number of benzene rings is 3. The van der Waals surface area contributed by atoms with Crippen LogP contribution >= 0.6 is 0 Å². The summed E-state index contributed by atoms with van der Waals surface area (Å²) < 4.78 is 34.9. The van der Waals surface area contributed by atoms with Gasteiger partial charge in [0.15, 0.2) is 23.0 Å². The molecule has 0 N–H and O–H groups in total. The summed E-state index contributed by atoms with van der Waals surface area (Å²) in [6, 6.07) is 17.9. The quantitative estimate of drug-likeness (QED) is 0.304. The average Bonchev–Trinajstić information content (AvgIpc) is 2.94. The second kappa shape index (κ2) is 13.2. The zero-order valence-electron chi connectivity index (χ0n) is 22.2. The second-order valence-corrected chi connectivity index (χ2v) is 8.99. The Hall–Kier alpha value is -3.42. The van der Waals surface area contributed by atoms with Gasteiger partial charge in [-0.25, -0.2) is 0 Å². The molecule has 1 fully saturated rings. The van der Waals surface area contributed by atoms with Crippen LogP contribution in [0.25, 0.3) is 0 Å². The van der Waals surface area contributed by atoms with E-state index in [-0.39, 0.29) is 0 Å². The molecule has 0 aliphatic carbocycles. The van der Waals surface area contributed by atoms with Gasteiger partial charge in [-0.15, -0.1) is 0 Å². The van der Waals surface area contributed by atoms with Crippen molar-refractivity contribution in [3.63, 3.8) is 0 Å². The molecule has 0 atom stereocenters. The van der Waals surface area contributed by atoms with Crippen LogP contribution in [0.4, 0.5) is 0 Å². The lowest BCUT2D eigenvalue weighted by atomic mass is 10.1. The lowest BCUT2D eigenvalue weighted by molar-refractivity contribution is 0.0341. The fourth-order valence-corrected chi connectivity index (χ4v) is 4.34. The van der Waals surface area contributed by atoms with Crippen molar-refractivity contribution in [2.24, 2.45) is 0 Å². The van der Waals surface area contributed by atoms with E-state index >= 15 is 0 Å². The number of hydrogen-bond acceptors (Lipinski definition) is 7. The first kappa shape index (κ1) is 26.6. The lowest BCUT2D eigenvalue weighted by Crippen LogP contribution is -2.35. The van der Waals surface area contributed by atoms with Gasteiger partial charge in [-0.2, -0.15) is 0 Å². The molecule has 3 aromatic carbocycles. The molecule has 0 unspecified atom stereocenters. The molecule has 198 valence electrons. The minimum absolute atomic E-state index is 0.361. The van der Waals surface area contributed by atoms with Gasteiger partial charge in [0.2, 0.25) is 5.75 Å². The fraction of sp³-hybridized carbons (Fsp3) is 0.400. The minimum Gasteiger partial charge on any atom is -0.497 e. The smallest absolute Gasteiger partial charge is 0.204 e. The molecular formula is C30H37NO6. The van der Waals surface area contributed by atoms with E-state index < -0.39 is 0 Å². The van der Waals surface area contributed by atoms with Gasteiger partial charge in [0, 0.05) is 19.6 Å². The first-order valence-corrected chi connectivity index (χ1v) is 12.7. The third kappa shape index (κ3) is 7.08. The van der Waals surface area contributed by atoms with E-state index in [1.807, 2.05) is 48.5 Å². The fourth-order valence-electron chi connectivity index (χ4n) is 4.34. The summed E-state index contributed by atoms with van der Waals surface area (Å²) >= 11 is 0. The molecule has 1 saturated heterocycles. The van der Waals surface area contributed by atoms with E-state index in [9.17, 15) is 0 Å². The zero-order valence-corrected chi connectivity index (χ0v) is 22.2. The maximum atomic E-state index is 6.45. The minimum atomic E-state index is 0.361. The molecule has 0 bridgehead atoms. The molecule has 7 nitrogen and oxygen atoms in total. The number of morpholine rings is 1. The van der Waals surface area contributed by atoms with Gasteiger partial charge in [0.1, 0.15) is 12.4 Å². The van der Waals surface area contributed by atoms with Gasteiger partial charge in [0.25, 0.3) is 0 Å². The largest absolute Gasteiger partial charge is 0.497 e. The van der Waals surface area contributed by atoms with Crippen LogP contribution in [0.3, 0.4) is 0 Å². The van der Waals surface area contributed by atoms with Crippen molar-refractivity contribution < 1.29 is 28.4 Å². The van der Waals surface area contributed by atoms with Crippen molar-refractivity contribution in [1.82, 2.24) is 4.90 Å². The molecule has 7 heteroatoms. The summed E-state index contributed by atoms with van der Waals surface area (Å²) in [6.45, 7) is 6.76. The summed E-state index contributed by atoms with van der Waals surface area (Å²) in [6.07, 6.45) is 1.91. The summed E-state index contributed by atoms with van der Waals surface area (Å²) in [5.74, 6) is 3.88. The van der Waals surface area contributed by atoms with E-state index in [4.69, 9.17) is 28.4 Å². The molecule has 0 amide bonds. The summed E-state index contributed by atoms with van der Waals surface area (Å²) in [4.78, 5) is 2.38. The number of aryl methyl sites for hydroxylation is 1. The van der Waals surface area contributed by atoms with Crippen molar-refractivity contribution in [1.29, 1.82) is 0 Å². The number of rotatable bonds is 12. The van der Waals surface area contributed by atoms with Crippen LogP contribution < -0.4 is 23.7 Å². The predicted molar refractivity (Wildman–Crippen MR) is 143 cm³/mol. The van der Waals surface area contributed by atoms with Gasteiger partial charge < -0.3 is 28.4 Å². The molecule has 1 aliphatic heterocycles. The van der Waals surface area contributed by atoms with Gasteiger partial charge in [0.05, 0.1) is 34.5 Å². The molecule has 37 heavy (non-hydrogen) atoms. The average molecular weight is 508 g/mol. The van der Waals surface area contributed by atoms with Gasteiger partial charge in [-0.1, -0.05) is 31.5 Å². The summed E-state index contributed by atoms with van der Waals surface area (Å²) in [5, 5.41) is 0. The standard InChI is InChI=1S/C30H37NO6/c1-5-6-23-17-28(34-4)30(36-21-22-7-10-25(32-2)11-8-22)29(18-23)37-26-12-9-24(19-27(26)33-3)20-31-13-15-35-16-14-31/h7-12,17-19H,5-6,13-16,20-21H2,1-4H3. The van der Waals surface area contributed by atoms with Crippen molar-refractivity contribution in [3.05, 3.63) is 71.3 Å². The van der Waals surface area contributed by atoms with Gasteiger partial charge in [-0.05, 0) is 59.5 Å². The van der Waals surface area contributed by atoms with Crippen LogP contribution in [-0.4, -0.2) is 52.5 Å². The number of nitrogens with zero attached hydrogens (tertiary/aromatic N) is 1. The topological polar surface area (TPSA) is 58.6 Å². The Morgan fingerprint density at radius 1 is 0.730 bits per heavy atom. The van der Waals surface area contributed by atoms with Crippen molar-refractivity contribution >= 4 is 0 Å². The summed E-state index contributed by atoms with van der Waals surface area (Å²) in [7, 11) is 4.97. The normalized spacial score (nSPS) is 13.7. The van der Waals surface area contributed by atoms with E-state index in [0.717, 1.165) is 62.6 Å². The Morgan fingerprint density at radius 3 is 2.08 bits per heavy atom. The highest BCUT2D eigenvalue weighted by atomic mass is 16.5. The third-order valence-electron chi connectivity index (χ3n) is 6.34. The van der Waals surface area contributed by atoms with E-state index in [0.29, 0.717) is 35.4 Å². The van der Waals surface area contributed by atoms with E-state index in [2.05, 4.69) is 17.9 Å². The highest BCUT2D eigenvalue weighted by Gasteiger charge is 2.19. The highest BCUT2D eigenvalue weighted by molar-refractivity contribution is 5.57. The van der Waals surface area contributed by atoms with Crippen molar-refractivity contribution in [3.8, 4) is 34.5 Å². The zero-order chi connectivity index (χ0) is 26.0. The van der Waals surface area contributed by atoms with Gasteiger partial charge >= 0.3 is 0 Å². The first-order chi connectivity index (χ1) is 18.1. The SMILES string of the molecule is CCCc1cc(OC)c(OCc2ccc(OC)cc2)c(Oc2ccc(CN3CCOCC3)cc2OC)c1. The van der Waals surface area contributed by atoms with Crippen LogP contribution in [0, 0.1) is 0 Å². The highest BCUT2D eigenvalue weighted by Crippen LogP contribution is 2.43. The first-order valence-electron chi connectivity index (χ1n) is 12.7. The van der Waals surface area contributed by atoms with Crippen LogP contribution in [0.1, 0.15) is 30.0 Å². The Kier molecular flexibility index (Phi) is 9.52. The molecule has 0 aromatic heterocycles. The Balaban J connectivity index is 1.59. The number of methoxy groups -OCH3 is 3.